The number of hydrogen-bond donors (Lipinski definition) is 0. The Morgan fingerprint density at radius 3 is 2.12 bits per heavy atom. The van der Waals surface area contributed by atoms with Crippen molar-refractivity contribution in [3.8, 4) is 0 Å². The molecule has 1 heteroatoms. The van der Waals surface area contributed by atoms with Crippen molar-refractivity contribution < 1.29 is 0 Å². The zero-order chi connectivity index (χ0) is 13.4. The minimum absolute atomic E-state index is 0.185. The molecule has 1 nitrogen and oxygen atoms in total. The van der Waals surface area contributed by atoms with E-state index >= 15 is 0 Å². The molecule has 0 radical (unpaired) electrons. The molecule has 0 saturated heterocycles. The molecule has 1 aliphatic rings. The Balaban J connectivity index is 2.71. The Morgan fingerprint density at radius 2 is 1.76 bits per heavy atom. The third-order valence-electron chi connectivity index (χ3n) is 4.61. The topological polar surface area (TPSA) is 3.24 Å². The van der Waals surface area contributed by atoms with Crippen LogP contribution in [0.2, 0.25) is 0 Å². The highest BCUT2D eigenvalue weighted by atomic mass is 15.2. The summed E-state index contributed by atoms with van der Waals surface area (Å²) in [5, 5.41) is 0. The lowest BCUT2D eigenvalue weighted by atomic mass is 9.90. The van der Waals surface area contributed by atoms with Crippen molar-refractivity contribution in [2.24, 2.45) is 23.2 Å². The molecule has 3 atom stereocenters. The van der Waals surface area contributed by atoms with Gasteiger partial charge in [0.25, 0.3) is 0 Å². The van der Waals surface area contributed by atoms with Crippen molar-refractivity contribution >= 4 is 0 Å². The van der Waals surface area contributed by atoms with Crippen LogP contribution in [0.3, 0.4) is 0 Å². The van der Waals surface area contributed by atoms with Crippen LogP contribution in [-0.2, 0) is 0 Å². The molecule has 0 aromatic heterocycles. The fourth-order valence-electron chi connectivity index (χ4n) is 3.09. The van der Waals surface area contributed by atoms with E-state index < -0.39 is 0 Å². The second kappa shape index (κ2) is 5.04. The van der Waals surface area contributed by atoms with E-state index in [-0.39, 0.29) is 5.41 Å². The summed E-state index contributed by atoms with van der Waals surface area (Å²) < 4.78 is 0. The quantitative estimate of drug-likeness (QED) is 0.696. The maximum Gasteiger partial charge on any atom is 0.0312 e. The predicted octanol–water partition coefficient (Wildman–Crippen LogP) is 4.55. The highest BCUT2D eigenvalue weighted by molar-refractivity contribution is 5.07. The second-order valence-corrected chi connectivity index (χ2v) is 7.33. The third kappa shape index (κ3) is 3.26. The molecule has 0 N–H and O–H groups in total. The van der Waals surface area contributed by atoms with Crippen molar-refractivity contribution in [2.45, 2.75) is 60.4 Å². The fraction of sp³-hybridized carbons (Fsp3) is 0.875. The molecule has 0 aliphatic heterocycles. The zero-order valence-corrected chi connectivity index (χ0v) is 12.9. The highest BCUT2D eigenvalue weighted by Crippen LogP contribution is 2.40. The van der Waals surface area contributed by atoms with Gasteiger partial charge in [-0.2, -0.15) is 0 Å². The summed E-state index contributed by atoms with van der Waals surface area (Å²) in [5.41, 5.74) is 1.46. The Bertz CT molecular complexity index is 272. The predicted molar refractivity (Wildman–Crippen MR) is 76.9 cm³/mol. The Morgan fingerprint density at radius 1 is 1.24 bits per heavy atom. The van der Waals surface area contributed by atoms with Crippen molar-refractivity contribution in [3.63, 3.8) is 0 Å². The van der Waals surface area contributed by atoms with E-state index in [2.05, 4.69) is 60.1 Å². The van der Waals surface area contributed by atoms with Crippen LogP contribution in [0.5, 0.6) is 0 Å². The molecule has 100 valence electrons. The SMILES string of the molecule is C=C(N(C)C1CC(C(C)C)CC1C)C(C)(C)C. The summed E-state index contributed by atoms with van der Waals surface area (Å²) in [6.45, 7) is 18.2. The van der Waals surface area contributed by atoms with Gasteiger partial charge in [0, 0.05) is 24.2 Å². The number of hydrogen-bond acceptors (Lipinski definition) is 1. The third-order valence-corrected chi connectivity index (χ3v) is 4.61. The summed E-state index contributed by atoms with van der Waals surface area (Å²) in [4.78, 5) is 2.45. The van der Waals surface area contributed by atoms with Gasteiger partial charge in [0.15, 0.2) is 0 Å². The van der Waals surface area contributed by atoms with E-state index in [1.54, 1.807) is 0 Å². The highest BCUT2D eigenvalue weighted by Gasteiger charge is 2.36. The van der Waals surface area contributed by atoms with Crippen LogP contribution in [0, 0.1) is 23.2 Å². The lowest BCUT2D eigenvalue weighted by Gasteiger charge is -2.37. The molecule has 17 heavy (non-hydrogen) atoms. The van der Waals surface area contributed by atoms with Crippen LogP contribution < -0.4 is 0 Å². The molecule has 1 rings (SSSR count). The number of nitrogens with zero attached hydrogens (tertiary/aromatic N) is 1. The summed E-state index contributed by atoms with van der Waals surface area (Å²) in [6, 6.07) is 0.689. The fourth-order valence-corrected chi connectivity index (χ4v) is 3.09. The van der Waals surface area contributed by atoms with Crippen LogP contribution in [0.1, 0.15) is 54.4 Å². The van der Waals surface area contributed by atoms with Gasteiger partial charge in [0.1, 0.15) is 0 Å². The summed E-state index contributed by atoms with van der Waals surface area (Å²) in [6.07, 6.45) is 2.72. The molecule has 0 aromatic carbocycles. The first-order valence-corrected chi connectivity index (χ1v) is 7.06. The first-order chi connectivity index (χ1) is 7.64. The first kappa shape index (κ1) is 14.6. The summed E-state index contributed by atoms with van der Waals surface area (Å²) >= 11 is 0. The van der Waals surface area contributed by atoms with Crippen LogP contribution in [-0.4, -0.2) is 18.0 Å². The molecule has 0 spiro atoms. The van der Waals surface area contributed by atoms with E-state index in [1.807, 2.05) is 0 Å². The molecule has 1 fully saturated rings. The molecular formula is C16H31N. The van der Waals surface area contributed by atoms with Gasteiger partial charge in [-0.1, -0.05) is 48.1 Å². The largest absolute Gasteiger partial charge is 0.375 e. The van der Waals surface area contributed by atoms with E-state index in [0.29, 0.717) is 6.04 Å². The van der Waals surface area contributed by atoms with Crippen LogP contribution in [0.25, 0.3) is 0 Å². The molecule has 0 amide bonds. The molecule has 1 aliphatic carbocycles. The van der Waals surface area contributed by atoms with Crippen LogP contribution >= 0.6 is 0 Å². The molecule has 0 heterocycles. The van der Waals surface area contributed by atoms with Crippen molar-refractivity contribution in [2.75, 3.05) is 7.05 Å². The molecule has 0 aromatic rings. The van der Waals surface area contributed by atoms with E-state index in [1.165, 1.54) is 18.5 Å². The second-order valence-electron chi connectivity index (χ2n) is 7.33. The zero-order valence-electron chi connectivity index (χ0n) is 12.9. The normalized spacial score (nSPS) is 29.8. The van der Waals surface area contributed by atoms with Gasteiger partial charge in [-0.05, 0) is 30.6 Å². The van der Waals surface area contributed by atoms with Crippen molar-refractivity contribution in [1.82, 2.24) is 4.90 Å². The first-order valence-electron chi connectivity index (χ1n) is 7.06. The molecular weight excluding hydrogens is 206 g/mol. The van der Waals surface area contributed by atoms with E-state index in [9.17, 15) is 0 Å². The van der Waals surface area contributed by atoms with E-state index in [0.717, 1.165) is 17.8 Å². The minimum Gasteiger partial charge on any atom is -0.375 e. The van der Waals surface area contributed by atoms with Gasteiger partial charge < -0.3 is 4.90 Å². The van der Waals surface area contributed by atoms with E-state index in [4.69, 9.17) is 0 Å². The Kier molecular flexibility index (Phi) is 4.33. The van der Waals surface area contributed by atoms with Crippen molar-refractivity contribution in [1.29, 1.82) is 0 Å². The maximum absolute atomic E-state index is 4.30. The molecule has 0 bridgehead atoms. The number of rotatable bonds is 3. The van der Waals surface area contributed by atoms with Crippen LogP contribution in [0.15, 0.2) is 12.3 Å². The van der Waals surface area contributed by atoms with Gasteiger partial charge in [-0.25, -0.2) is 0 Å². The van der Waals surface area contributed by atoms with Gasteiger partial charge in [0.05, 0.1) is 0 Å². The standard InChI is InChI=1S/C16H31N/c1-11(2)14-9-12(3)15(10-14)17(8)13(4)16(5,6)7/h11-12,14-15H,4,9-10H2,1-3,5-8H3. The Labute approximate surface area is 108 Å². The van der Waals surface area contributed by atoms with Gasteiger partial charge in [0.2, 0.25) is 0 Å². The summed E-state index contributed by atoms with van der Waals surface area (Å²) in [5.74, 6) is 2.51. The average molecular weight is 237 g/mol. The lowest BCUT2D eigenvalue weighted by molar-refractivity contribution is 0.208. The smallest absolute Gasteiger partial charge is 0.0312 e. The minimum atomic E-state index is 0.185. The summed E-state index contributed by atoms with van der Waals surface area (Å²) in [7, 11) is 2.23. The maximum atomic E-state index is 4.30. The van der Waals surface area contributed by atoms with Gasteiger partial charge in [-0.15, -0.1) is 0 Å². The van der Waals surface area contributed by atoms with Crippen LogP contribution in [0.4, 0.5) is 0 Å². The molecule has 3 unspecified atom stereocenters. The lowest BCUT2D eigenvalue weighted by Crippen LogP contribution is -2.37. The average Bonchev–Trinajstić information content (AvgIpc) is 2.57. The monoisotopic (exact) mass is 237 g/mol. The Hall–Kier alpha value is -0.460. The van der Waals surface area contributed by atoms with Gasteiger partial charge in [-0.3, -0.25) is 0 Å². The van der Waals surface area contributed by atoms with Crippen molar-refractivity contribution in [3.05, 3.63) is 12.3 Å². The molecule has 1 saturated carbocycles. The number of allylic oxidation sites excluding steroid dienone is 1. The van der Waals surface area contributed by atoms with Gasteiger partial charge >= 0.3 is 0 Å².